The molecule has 0 saturated heterocycles. The summed E-state index contributed by atoms with van der Waals surface area (Å²) in [6.07, 6.45) is 0.793. The van der Waals surface area contributed by atoms with E-state index in [1.807, 2.05) is 0 Å². The average molecular weight is 290 g/mol. The summed E-state index contributed by atoms with van der Waals surface area (Å²) in [7, 11) is 0. The molecule has 6 heteroatoms. The smallest absolute Gasteiger partial charge is 0.313 e. The Hall–Kier alpha value is -1.30. The molecule has 0 atom stereocenters. The van der Waals surface area contributed by atoms with Crippen molar-refractivity contribution >= 4 is 27.7 Å². The number of ether oxygens (including phenoxy) is 1. The Morgan fingerprint density at radius 1 is 1.56 bits per heavy atom. The molecule has 0 fully saturated rings. The molecule has 1 rings (SSSR count). The number of aromatic nitrogens is 1. The van der Waals surface area contributed by atoms with Gasteiger partial charge in [-0.15, -0.1) is 0 Å². The highest BCUT2D eigenvalue weighted by molar-refractivity contribution is 9.10. The maximum Gasteiger partial charge on any atom is 0.313 e. The number of nitrogens with zero attached hydrogens (tertiary/aromatic N) is 1. The van der Waals surface area contributed by atoms with Crippen LogP contribution in [0.1, 0.15) is 23.8 Å². The Morgan fingerprint density at radius 3 is 2.81 bits per heavy atom. The number of ketones is 1. The highest BCUT2D eigenvalue weighted by Gasteiger charge is 2.17. The molecule has 0 aliphatic rings. The van der Waals surface area contributed by atoms with Crippen molar-refractivity contribution in [3.63, 3.8) is 0 Å². The fourth-order valence-electron chi connectivity index (χ4n) is 1.05. The third kappa shape index (κ3) is 3.37. The second kappa shape index (κ2) is 5.69. The second-order valence-corrected chi connectivity index (χ2v) is 3.80. The first-order valence-electron chi connectivity index (χ1n) is 4.54. The number of carbonyl (C=O) groups is 2. The molecular formula is C10H9BrFNO3. The van der Waals surface area contributed by atoms with Crippen LogP contribution in [-0.4, -0.2) is 23.3 Å². The fraction of sp³-hybridized carbons (Fsp3) is 0.300. The molecule has 0 N–H and O–H groups in total. The van der Waals surface area contributed by atoms with Crippen molar-refractivity contribution in [1.82, 2.24) is 4.98 Å². The second-order valence-electron chi connectivity index (χ2n) is 2.89. The van der Waals surface area contributed by atoms with Gasteiger partial charge in [-0.25, -0.2) is 9.37 Å². The van der Waals surface area contributed by atoms with E-state index in [1.54, 1.807) is 6.92 Å². The van der Waals surface area contributed by atoms with Crippen LogP contribution in [-0.2, 0) is 9.53 Å². The van der Waals surface area contributed by atoms with E-state index in [2.05, 4.69) is 25.7 Å². The van der Waals surface area contributed by atoms with Crippen LogP contribution in [0.15, 0.2) is 16.7 Å². The first kappa shape index (κ1) is 12.8. The van der Waals surface area contributed by atoms with Gasteiger partial charge in [-0.2, -0.15) is 0 Å². The molecule has 0 saturated carbocycles. The van der Waals surface area contributed by atoms with Crippen molar-refractivity contribution in [3.05, 3.63) is 28.2 Å². The predicted molar refractivity (Wildman–Crippen MR) is 57.5 cm³/mol. The van der Waals surface area contributed by atoms with Gasteiger partial charge in [0.05, 0.1) is 6.61 Å². The van der Waals surface area contributed by atoms with Gasteiger partial charge in [-0.1, -0.05) is 0 Å². The first-order valence-corrected chi connectivity index (χ1v) is 5.33. The molecule has 0 aliphatic heterocycles. The molecule has 0 radical (unpaired) electrons. The zero-order valence-corrected chi connectivity index (χ0v) is 10.1. The average Bonchev–Trinajstić information content (AvgIpc) is 2.17. The lowest BCUT2D eigenvalue weighted by Crippen LogP contribution is -2.13. The standard InChI is InChI=1S/C10H9BrFNO3/c1-2-16-9(15)4-8(14)10-7(12)3-6(11)5-13-10/h3,5H,2,4H2,1H3. The van der Waals surface area contributed by atoms with Crippen molar-refractivity contribution in [2.24, 2.45) is 0 Å². The number of pyridine rings is 1. The Balaban J connectivity index is 2.77. The molecular weight excluding hydrogens is 281 g/mol. The largest absolute Gasteiger partial charge is 0.466 e. The van der Waals surface area contributed by atoms with Gasteiger partial charge < -0.3 is 4.74 Å². The minimum atomic E-state index is -0.760. The number of carbonyl (C=O) groups excluding carboxylic acids is 2. The first-order chi connectivity index (χ1) is 7.54. The van der Waals surface area contributed by atoms with E-state index in [-0.39, 0.29) is 12.3 Å². The van der Waals surface area contributed by atoms with E-state index >= 15 is 0 Å². The highest BCUT2D eigenvalue weighted by Crippen LogP contribution is 2.13. The maximum absolute atomic E-state index is 13.3. The minimum Gasteiger partial charge on any atom is -0.466 e. The van der Waals surface area contributed by atoms with Gasteiger partial charge in [0.1, 0.15) is 12.1 Å². The molecule has 1 aromatic rings. The summed E-state index contributed by atoms with van der Waals surface area (Å²) in [6.45, 7) is 1.81. The van der Waals surface area contributed by atoms with Crippen molar-refractivity contribution < 1.29 is 18.7 Å². The summed E-state index contributed by atoms with van der Waals surface area (Å²) in [5.74, 6) is -2.14. The maximum atomic E-state index is 13.3. The molecule has 1 heterocycles. The Bertz CT molecular complexity index is 423. The normalized spacial score (nSPS) is 9.94. The van der Waals surface area contributed by atoms with Gasteiger partial charge in [0, 0.05) is 10.7 Å². The Kier molecular flexibility index (Phi) is 4.54. The van der Waals surface area contributed by atoms with Crippen LogP contribution < -0.4 is 0 Å². The van der Waals surface area contributed by atoms with E-state index in [9.17, 15) is 14.0 Å². The van der Waals surface area contributed by atoms with E-state index in [1.165, 1.54) is 6.20 Å². The summed E-state index contributed by atoms with van der Waals surface area (Å²) in [5, 5.41) is 0. The quantitative estimate of drug-likeness (QED) is 0.484. The predicted octanol–water partition coefficient (Wildman–Crippen LogP) is 2.12. The lowest BCUT2D eigenvalue weighted by atomic mass is 10.2. The van der Waals surface area contributed by atoms with Crippen molar-refractivity contribution in [2.75, 3.05) is 6.61 Å². The van der Waals surface area contributed by atoms with E-state index < -0.39 is 24.0 Å². The van der Waals surface area contributed by atoms with Gasteiger partial charge in [0.15, 0.2) is 11.6 Å². The number of halogens is 2. The fourth-order valence-corrected chi connectivity index (χ4v) is 1.35. The monoisotopic (exact) mass is 289 g/mol. The van der Waals surface area contributed by atoms with Gasteiger partial charge in [0.25, 0.3) is 0 Å². The van der Waals surface area contributed by atoms with Crippen LogP contribution in [0.5, 0.6) is 0 Å². The molecule has 86 valence electrons. The number of hydrogen-bond acceptors (Lipinski definition) is 4. The lowest BCUT2D eigenvalue weighted by Gasteiger charge is -2.02. The summed E-state index contributed by atoms with van der Waals surface area (Å²) in [5.41, 5.74) is -0.351. The van der Waals surface area contributed by atoms with Gasteiger partial charge in [-0.05, 0) is 28.9 Å². The van der Waals surface area contributed by atoms with Crippen LogP contribution in [0.2, 0.25) is 0 Å². The summed E-state index contributed by atoms with van der Waals surface area (Å²) < 4.78 is 18.3. The molecule has 0 bridgehead atoms. The minimum absolute atomic E-state index is 0.183. The summed E-state index contributed by atoms with van der Waals surface area (Å²) in [4.78, 5) is 26.1. The van der Waals surface area contributed by atoms with Gasteiger partial charge in [-0.3, -0.25) is 9.59 Å². The van der Waals surface area contributed by atoms with E-state index in [0.29, 0.717) is 4.47 Å². The molecule has 16 heavy (non-hydrogen) atoms. The van der Waals surface area contributed by atoms with Crippen LogP contribution in [0.3, 0.4) is 0 Å². The zero-order valence-electron chi connectivity index (χ0n) is 8.50. The lowest BCUT2D eigenvalue weighted by molar-refractivity contribution is -0.141. The summed E-state index contributed by atoms with van der Waals surface area (Å²) >= 11 is 3.02. The van der Waals surface area contributed by atoms with Crippen LogP contribution in [0, 0.1) is 5.82 Å². The molecule has 0 aromatic carbocycles. The molecule has 0 aliphatic carbocycles. The van der Waals surface area contributed by atoms with Crippen molar-refractivity contribution in [2.45, 2.75) is 13.3 Å². The number of esters is 1. The third-order valence-corrected chi connectivity index (χ3v) is 2.12. The molecule has 0 amide bonds. The summed E-state index contributed by atoms with van der Waals surface area (Å²) in [6, 6.07) is 1.12. The van der Waals surface area contributed by atoms with Crippen LogP contribution >= 0.6 is 15.9 Å². The highest BCUT2D eigenvalue weighted by atomic mass is 79.9. The third-order valence-electron chi connectivity index (χ3n) is 1.68. The Morgan fingerprint density at radius 2 is 2.25 bits per heavy atom. The molecule has 4 nitrogen and oxygen atoms in total. The number of rotatable bonds is 4. The van der Waals surface area contributed by atoms with Crippen LogP contribution in [0.4, 0.5) is 4.39 Å². The zero-order chi connectivity index (χ0) is 12.1. The SMILES string of the molecule is CCOC(=O)CC(=O)c1ncc(Br)cc1F. The van der Waals surface area contributed by atoms with Crippen LogP contribution in [0.25, 0.3) is 0 Å². The molecule has 0 spiro atoms. The topological polar surface area (TPSA) is 56.3 Å². The van der Waals surface area contributed by atoms with Gasteiger partial charge in [0.2, 0.25) is 0 Å². The number of Topliss-reactive ketones (excluding diaryl/α,β-unsaturated/α-hetero) is 1. The molecule has 0 unspecified atom stereocenters. The van der Waals surface area contributed by atoms with Crippen molar-refractivity contribution in [1.29, 1.82) is 0 Å². The number of hydrogen-bond donors (Lipinski definition) is 0. The van der Waals surface area contributed by atoms with E-state index in [4.69, 9.17) is 0 Å². The van der Waals surface area contributed by atoms with Gasteiger partial charge >= 0.3 is 5.97 Å². The van der Waals surface area contributed by atoms with Crippen molar-refractivity contribution in [3.8, 4) is 0 Å². The molecule has 1 aromatic heterocycles. The van der Waals surface area contributed by atoms with E-state index in [0.717, 1.165) is 6.07 Å². The Labute approximate surface area is 99.9 Å².